The topological polar surface area (TPSA) is 18.5 Å². The van der Waals surface area contributed by atoms with Gasteiger partial charge in [-0.05, 0) is 62.1 Å². The summed E-state index contributed by atoms with van der Waals surface area (Å²) in [6, 6.07) is 16.5. The molecule has 0 aliphatic heterocycles. The van der Waals surface area contributed by atoms with Crippen molar-refractivity contribution in [3.8, 4) is 11.5 Å². The van der Waals surface area contributed by atoms with Gasteiger partial charge in [0, 0.05) is 0 Å². The molecule has 0 aromatic heterocycles. The van der Waals surface area contributed by atoms with Crippen LogP contribution in [0, 0.1) is 0 Å². The van der Waals surface area contributed by atoms with E-state index in [0.717, 1.165) is 24.3 Å². The fraction of sp³-hybridized carbons (Fsp3) is 0.200. The van der Waals surface area contributed by atoms with Crippen LogP contribution in [-0.4, -0.2) is 0 Å². The van der Waals surface area contributed by atoms with Crippen molar-refractivity contribution in [3.05, 3.63) is 84.3 Å². The van der Waals surface area contributed by atoms with Gasteiger partial charge in [-0.3, -0.25) is 0 Å². The van der Waals surface area contributed by atoms with E-state index < -0.39 is 0 Å². The Labute approximate surface area is 132 Å². The van der Waals surface area contributed by atoms with Gasteiger partial charge in [-0.1, -0.05) is 36.4 Å². The van der Waals surface area contributed by atoms with Crippen LogP contribution in [0.4, 0.5) is 0 Å². The third kappa shape index (κ3) is 5.13. The molecule has 0 N–H and O–H groups in total. The Morgan fingerprint density at radius 3 is 1.32 bits per heavy atom. The summed E-state index contributed by atoms with van der Waals surface area (Å²) < 4.78 is 10.8. The fourth-order valence-corrected chi connectivity index (χ4v) is 2.05. The zero-order chi connectivity index (χ0) is 15.6. The Bertz CT molecular complexity index is 550. The van der Waals surface area contributed by atoms with E-state index in [0.29, 0.717) is 0 Å². The molecule has 2 heteroatoms. The molecule has 2 aromatic rings. The number of hydrogen-bond donors (Lipinski definition) is 0. The van der Waals surface area contributed by atoms with E-state index in [1.165, 1.54) is 11.1 Å². The summed E-state index contributed by atoms with van der Waals surface area (Å²) in [5.74, 6) is 1.74. The van der Waals surface area contributed by atoms with Gasteiger partial charge in [-0.25, -0.2) is 0 Å². The highest BCUT2D eigenvalue weighted by Crippen LogP contribution is 2.16. The van der Waals surface area contributed by atoms with E-state index in [4.69, 9.17) is 9.47 Å². The minimum atomic E-state index is 0.868. The number of ether oxygens (including phenoxy) is 2. The highest BCUT2D eigenvalue weighted by molar-refractivity contribution is 5.31. The lowest BCUT2D eigenvalue weighted by Crippen LogP contribution is -1.92. The maximum Gasteiger partial charge on any atom is 0.126 e. The molecule has 0 radical (unpaired) electrons. The lowest BCUT2D eigenvalue weighted by atomic mass is 10.0. The van der Waals surface area contributed by atoms with E-state index in [2.05, 4.69) is 24.3 Å². The smallest absolute Gasteiger partial charge is 0.126 e. The first kappa shape index (κ1) is 15.9. The molecular weight excluding hydrogens is 272 g/mol. The van der Waals surface area contributed by atoms with Crippen molar-refractivity contribution < 1.29 is 9.47 Å². The van der Waals surface area contributed by atoms with Crippen molar-refractivity contribution in [1.82, 2.24) is 0 Å². The molecule has 114 valence electrons. The van der Waals surface area contributed by atoms with Crippen LogP contribution in [0.15, 0.2) is 73.2 Å². The summed E-state index contributed by atoms with van der Waals surface area (Å²) in [6.45, 7) is 3.87. The molecule has 0 amide bonds. The van der Waals surface area contributed by atoms with Crippen LogP contribution in [0.1, 0.15) is 25.0 Å². The number of allylic oxidation sites excluding steroid dienone is 2. The predicted molar refractivity (Wildman–Crippen MR) is 91.2 cm³/mol. The Morgan fingerprint density at radius 1 is 0.636 bits per heavy atom. The first-order chi connectivity index (χ1) is 10.8. The largest absolute Gasteiger partial charge is 0.465 e. The van der Waals surface area contributed by atoms with Crippen LogP contribution in [0.2, 0.25) is 0 Å². The summed E-state index contributed by atoms with van der Waals surface area (Å²) in [7, 11) is 0. The molecule has 0 aliphatic rings. The van der Waals surface area contributed by atoms with Crippen molar-refractivity contribution in [2.45, 2.75) is 26.7 Å². The summed E-state index contributed by atoms with van der Waals surface area (Å²) >= 11 is 0. The molecule has 0 saturated heterocycles. The van der Waals surface area contributed by atoms with Crippen LogP contribution in [-0.2, 0) is 12.8 Å². The van der Waals surface area contributed by atoms with Gasteiger partial charge in [0.1, 0.15) is 11.5 Å². The second-order valence-electron chi connectivity index (χ2n) is 4.96. The van der Waals surface area contributed by atoms with Crippen LogP contribution >= 0.6 is 0 Å². The standard InChI is InChI=1S/C20H22O2/c1-3-15-21-19-11-7-17(8-12-19)5-6-18-9-13-20(14-10-18)22-16-4-2/h3-4,7-16H,5-6H2,1-2H3/b15-3+,16-4+. The fourth-order valence-electron chi connectivity index (χ4n) is 2.05. The first-order valence-electron chi connectivity index (χ1n) is 7.55. The lowest BCUT2D eigenvalue weighted by Gasteiger charge is -2.05. The minimum absolute atomic E-state index is 0.868. The van der Waals surface area contributed by atoms with Gasteiger partial charge in [0.05, 0.1) is 12.5 Å². The monoisotopic (exact) mass is 294 g/mol. The molecule has 0 spiro atoms. The number of benzene rings is 2. The van der Waals surface area contributed by atoms with Crippen LogP contribution in [0.25, 0.3) is 0 Å². The molecule has 0 aliphatic carbocycles. The van der Waals surface area contributed by atoms with E-state index in [9.17, 15) is 0 Å². The molecule has 0 unspecified atom stereocenters. The number of rotatable bonds is 7. The molecule has 0 heterocycles. The molecule has 2 rings (SSSR count). The quantitative estimate of drug-likeness (QED) is 0.645. The van der Waals surface area contributed by atoms with Crippen molar-refractivity contribution in [3.63, 3.8) is 0 Å². The van der Waals surface area contributed by atoms with Gasteiger partial charge in [-0.15, -0.1) is 0 Å². The molecule has 2 aromatic carbocycles. The zero-order valence-corrected chi connectivity index (χ0v) is 13.2. The zero-order valence-electron chi connectivity index (χ0n) is 13.2. The number of aryl methyl sites for hydroxylation is 2. The molecular formula is C20H22O2. The Balaban J connectivity index is 1.86. The summed E-state index contributed by atoms with van der Waals surface area (Å²) in [4.78, 5) is 0. The third-order valence-electron chi connectivity index (χ3n) is 3.23. The van der Waals surface area contributed by atoms with Gasteiger partial charge >= 0.3 is 0 Å². The van der Waals surface area contributed by atoms with Crippen molar-refractivity contribution in [1.29, 1.82) is 0 Å². The van der Waals surface area contributed by atoms with E-state index in [1.54, 1.807) is 12.5 Å². The molecule has 0 bridgehead atoms. The molecule has 2 nitrogen and oxygen atoms in total. The molecule has 22 heavy (non-hydrogen) atoms. The molecule has 0 atom stereocenters. The van der Waals surface area contributed by atoms with Gasteiger partial charge in [0.25, 0.3) is 0 Å². The summed E-state index contributed by atoms with van der Waals surface area (Å²) in [6.07, 6.45) is 9.14. The Kier molecular flexibility index (Phi) is 6.31. The van der Waals surface area contributed by atoms with E-state index in [-0.39, 0.29) is 0 Å². The third-order valence-corrected chi connectivity index (χ3v) is 3.23. The minimum Gasteiger partial charge on any atom is -0.465 e. The lowest BCUT2D eigenvalue weighted by molar-refractivity contribution is 0.480. The molecule has 0 saturated carbocycles. The predicted octanol–water partition coefficient (Wildman–Crippen LogP) is 5.30. The maximum atomic E-state index is 5.42. The van der Waals surface area contributed by atoms with Gasteiger partial charge in [0.15, 0.2) is 0 Å². The average molecular weight is 294 g/mol. The SMILES string of the molecule is C/C=C/Oc1ccc(CCc2ccc(O/C=C/C)cc2)cc1. The Hall–Kier alpha value is -2.48. The Morgan fingerprint density at radius 2 is 1.00 bits per heavy atom. The maximum absolute atomic E-state index is 5.42. The van der Waals surface area contributed by atoms with Gasteiger partial charge < -0.3 is 9.47 Å². The van der Waals surface area contributed by atoms with Crippen LogP contribution in [0.5, 0.6) is 11.5 Å². The second kappa shape index (κ2) is 8.73. The van der Waals surface area contributed by atoms with Crippen LogP contribution in [0.3, 0.4) is 0 Å². The summed E-state index contributed by atoms with van der Waals surface area (Å²) in [5, 5.41) is 0. The normalized spacial score (nSPS) is 11.2. The molecule has 0 fully saturated rings. The highest BCUT2D eigenvalue weighted by Gasteiger charge is 1.98. The first-order valence-corrected chi connectivity index (χ1v) is 7.55. The van der Waals surface area contributed by atoms with Gasteiger partial charge in [0.2, 0.25) is 0 Å². The van der Waals surface area contributed by atoms with Crippen molar-refractivity contribution in [2.24, 2.45) is 0 Å². The van der Waals surface area contributed by atoms with E-state index in [1.807, 2.05) is 50.3 Å². The average Bonchev–Trinajstić information content (AvgIpc) is 2.58. The summed E-state index contributed by atoms with van der Waals surface area (Å²) in [5.41, 5.74) is 2.61. The highest BCUT2D eigenvalue weighted by atomic mass is 16.5. The van der Waals surface area contributed by atoms with Gasteiger partial charge in [-0.2, -0.15) is 0 Å². The van der Waals surface area contributed by atoms with Crippen molar-refractivity contribution in [2.75, 3.05) is 0 Å². The van der Waals surface area contributed by atoms with Crippen LogP contribution < -0.4 is 9.47 Å². The number of hydrogen-bond acceptors (Lipinski definition) is 2. The van der Waals surface area contributed by atoms with E-state index >= 15 is 0 Å². The van der Waals surface area contributed by atoms with Crippen molar-refractivity contribution >= 4 is 0 Å². The second-order valence-corrected chi connectivity index (χ2v) is 4.96.